The summed E-state index contributed by atoms with van der Waals surface area (Å²) in [5.74, 6) is -1.14. The molecule has 0 unspecified atom stereocenters. The van der Waals surface area contributed by atoms with E-state index >= 15 is 0 Å². The van der Waals surface area contributed by atoms with Crippen molar-refractivity contribution in [2.24, 2.45) is 0 Å². The summed E-state index contributed by atoms with van der Waals surface area (Å²) in [6, 6.07) is 4.03. The van der Waals surface area contributed by atoms with E-state index in [0.717, 1.165) is 12.3 Å². The number of hydrogen-bond donors (Lipinski definition) is 1. The summed E-state index contributed by atoms with van der Waals surface area (Å²) in [6.45, 7) is 0. The number of carboxylic acids is 1. The molecule has 0 radical (unpaired) electrons. The maximum atomic E-state index is 11.4. The van der Waals surface area contributed by atoms with E-state index in [4.69, 9.17) is 5.11 Å². The van der Waals surface area contributed by atoms with Gasteiger partial charge in [0, 0.05) is 26.0 Å². The van der Waals surface area contributed by atoms with Crippen molar-refractivity contribution in [1.29, 1.82) is 0 Å². The van der Waals surface area contributed by atoms with Crippen LogP contribution < -0.4 is 4.90 Å². The Morgan fingerprint density at radius 3 is 2.19 bits per heavy atom. The van der Waals surface area contributed by atoms with Gasteiger partial charge < -0.3 is 10.0 Å². The predicted octanol–water partition coefficient (Wildman–Crippen LogP) is 0.854. The number of nitrogens with zero attached hydrogens (tertiary/aromatic N) is 1. The molecule has 0 aliphatic carbocycles. The highest BCUT2D eigenvalue weighted by molar-refractivity contribution is 7.90. The number of carboxylic acid groups (broad SMARTS) is 1. The molecule has 1 aromatic carbocycles. The topological polar surface area (TPSA) is 74.7 Å². The molecule has 0 aliphatic rings. The zero-order chi connectivity index (χ0) is 12.5. The van der Waals surface area contributed by atoms with Gasteiger partial charge in [-0.2, -0.15) is 0 Å². The van der Waals surface area contributed by atoms with Gasteiger partial charge in [-0.3, -0.25) is 0 Å². The van der Waals surface area contributed by atoms with Crippen LogP contribution in [0.4, 0.5) is 5.69 Å². The van der Waals surface area contributed by atoms with Crippen LogP contribution in [0.2, 0.25) is 0 Å². The smallest absolute Gasteiger partial charge is 0.335 e. The van der Waals surface area contributed by atoms with Crippen LogP contribution in [0.1, 0.15) is 10.4 Å². The van der Waals surface area contributed by atoms with Gasteiger partial charge in [0.05, 0.1) is 10.5 Å². The van der Waals surface area contributed by atoms with Gasteiger partial charge in [-0.15, -0.1) is 0 Å². The molecule has 1 aromatic rings. The second-order valence-corrected chi connectivity index (χ2v) is 5.70. The van der Waals surface area contributed by atoms with Gasteiger partial charge in [0.1, 0.15) is 0 Å². The molecule has 0 atom stereocenters. The molecule has 6 heteroatoms. The summed E-state index contributed by atoms with van der Waals surface area (Å²) in [5.41, 5.74) is 0.506. The van der Waals surface area contributed by atoms with Crippen molar-refractivity contribution in [1.82, 2.24) is 0 Å². The van der Waals surface area contributed by atoms with E-state index in [1.54, 1.807) is 19.0 Å². The number of anilines is 1. The molecule has 0 amide bonds. The molecule has 0 saturated heterocycles. The average molecular weight is 243 g/mol. The molecule has 0 saturated carbocycles. The van der Waals surface area contributed by atoms with Crippen molar-refractivity contribution in [3.05, 3.63) is 23.8 Å². The Bertz CT molecular complexity index is 520. The number of aromatic carboxylic acids is 1. The first-order valence-electron chi connectivity index (χ1n) is 4.47. The van der Waals surface area contributed by atoms with Crippen molar-refractivity contribution in [2.75, 3.05) is 25.3 Å². The maximum Gasteiger partial charge on any atom is 0.335 e. The van der Waals surface area contributed by atoms with E-state index in [0.29, 0.717) is 5.69 Å². The van der Waals surface area contributed by atoms with Crippen molar-refractivity contribution < 1.29 is 18.3 Å². The van der Waals surface area contributed by atoms with E-state index in [9.17, 15) is 13.2 Å². The summed E-state index contributed by atoms with van der Waals surface area (Å²) in [6.07, 6.45) is 1.05. The zero-order valence-corrected chi connectivity index (χ0v) is 10.1. The van der Waals surface area contributed by atoms with Crippen molar-refractivity contribution in [3.8, 4) is 0 Å². The molecule has 0 bridgehead atoms. The van der Waals surface area contributed by atoms with Crippen LogP contribution in [0, 0.1) is 0 Å². The molecule has 88 valence electrons. The Kier molecular flexibility index (Phi) is 3.23. The summed E-state index contributed by atoms with van der Waals surface area (Å²) >= 11 is 0. The fourth-order valence-electron chi connectivity index (χ4n) is 1.18. The van der Waals surface area contributed by atoms with Gasteiger partial charge in [0.2, 0.25) is 0 Å². The Hall–Kier alpha value is -1.56. The van der Waals surface area contributed by atoms with Crippen LogP contribution >= 0.6 is 0 Å². The van der Waals surface area contributed by atoms with Crippen molar-refractivity contribution in [2.45, 2.75) is 4.90 Å². The molecule has 1 N–H and O–H groups in total. The minimum absolute atomic E-state index is 0.0103. The third-order valence-corrected chi connectivity index (χ3v) is 3.17. The number of rotatable bonds is 3. The van der Waals surface area contributed by atoms with Gasteiger partial charge >= 0.3 is 5.97 Å². The molecule has 0 aromatic heterocycles. The molecule has 1 rings (SSSR count). The lowest BCUT2D eigenvalue weighted by Crippen LogP contribution is -2.11. The van der Waals surface area contributed by atoms with Crippen molar-refractivity contribution in [3.63, 3.8) is 0 Å². The SMILES string of the molecule is CN(C)c1cc(C(=O)O)cc(S(C)(=O)=O)c1. The van der Waals surface area contributed by atoms with E-state index in [-0.39, 0.29) is 10.5 Å². The zero-order valence-electron chi connectivity index (χ0n) is 9.26. The van der Waals surface area contributed by atoms with Gasteiger partial charge in [-0.1, -0.05) is 0 Å². The summed E-state index contributed by atoms with van der Waals surface area (Å²) in [5, 5.41) is 8.87. The Morgan fingerprint density at radius 2 is 1.81 bits per heavy atom. The van der Waals surface area contributed by atoms with Gasteiger partial charge in [0.15, 0.2) is 9.84 Å². The molecule has 0 aliphatic heterocycles. The van der Waals surface area contributed by atoms with Crippen LogP contribution in [0.5, 0.6) is 0 Å². The number of sulfone groups is 1. The maximum absolute atomic E-state index is 11.4. The average Bonchev–Trinajstić information content (AvgIpc) is 2.15. The van der Waals surface area contributed by atoms with Crippen LogP contribution in [-0.2, 0) is 9.84 Å². The fraction of sp³-hybridized carbons (Fsp3) is 0.300. The van der Waals surface area contributed by atoms with Crippen molar-refractivity contribution >= 4 is 21.5 Å². The second-order valence-electron chi connectivity index (χ2n) is 3.69. The lowest BCUT2D eigenvalue weighted by Gasteiger charge is -2.14. The van der Waals surface area contributed by atoms with E-state index in [2.05, 4.69) is 0 Å². The normalized spacial score (nSPS) is 11.2. The lowest BCUT2D eigenvalue weighted by atomic mass is 10.2. The quantitative estimate of drug-likeness (QED) is 0.852. The monoisotopic (exact) mass is 243 g/mol. The van der Waals surface area contributed by atoms with E-state index in [1.807, 2.05) is 0 Å². The molecule has 5 nitrogen and oxygen atoms in total. The Labute approximate surface area is 94.2 Å². The first-order valence-corrected chi connectivity index (χ1v) is 6.36. The third-order valence-electron chi connectivity index (χ3n) is 2.08. The van der Waals surface area contributed by atoms with Crippen LogP contribution in [0.25, 0.3) is 0 Å². The molecule has 16 heavy (non-hydrogen) atoms. The predicted molar refractivity (Wildman–Crippen MR) is 60.8 cm³/mol. The Morgan fingerprint density at radius 1 is 1.25 bits per heavy atom. The second kappa shape index (κ2) is 4.13. The van der Waals surface area contributed by atoms with Gasteiger partial charge in [-0.25, -0.2) is 13.2 Å². The summed E-state index contributed by atoms with van der Waals surface area (Å²) < 4.78 is 22.7. The summed E-state index contributed by atoms with van der Waals surface area (Å²) in [7, 11) is 0.0257. The van der Waals surface area contributed by atoms with E-state index < -0.39 is 15.8 Å². The third kappa shape index (κ3) is 2.73. The molecule has 0 heterocycles. The first-order chi connectivity index (χ1) is 7.21. The van der Waals surface area contributed by atoms with Gasteiger partial charge in [-0.05, 0) is 18.2 Å². The highest BCUT2D eigenvalue weighted by atomic mass is 32.2. The minimum atomic E-state index is -3.40. The van der Waals surface area contributed by atoms with Crippen LogP contribution in [-0.4, -0.2) is 39.8 Å². The largest absolute Gasteiger partial charge is 0.478 e. The highest BCUT2D eigenvalue weighted by Crippen LogP contribution is 2.20. The number of hydrogen-bond acceptors (Lipinski definition) is 4. The minimum Gasteiger partial charge on any atom is -0.478 e. The highest BCUT2D eigenvalue weighted by Gasteiger charge is 2.14. The van der Waals surface area contributed by atoms with Gasteiger partial charge in [0.25, 0.3) is 0 Å². The Balaban J connectivity index is 3.48. The first kappa shape index (κ1) is 12.5. The van der Waals surface area contributed by atoms with Crippen LogP contribution in [0.15, 0.2) is 23.1 Å². The number of carbonyl (C=O) groups is 1. The lowest BCUT2D eigenvalue weighted by molar-refractivity contribution is 0.0696. The molecule has 0 spiro atoms. The number of benzene rings is 1. The molecule has 0 fully saturated rings. The van der Waals surface area contributed by atoms with Crippen LogP contribution in [0.3, 0.4) is 0 Å². The molecular weight excluding hydrogens is 230 g/mol. The fourth-order valence-corrected chi connectivity index (χ4v) is 1.85. The van der Waals surface area contributed by atoms with E-state index in [1.165, 1.54) is 12.1 Å². The molecular formula is C10H13NO4S. The standard InChI is InChI=1S/C10H13NO4S/c1-11(2)8-4-7(10(12)13)5-9(6-8)16(3,14)15/h4-6H,1-3H3,(H,12,13). The summed E-state index contributed by atoms with van der Waals surface area (Å²) in [4.78, 5) is 12.5.